The summed E-state index contributed by atoms with van der Waals surface area (Å²) in [5, 5.41) is 4.20. The van der Waals surface area contributed by atoms with Gasteiger partial charge in [-0.3, -0.25) is 5.01 Å². The predicted molar refractivity (Wildman–Crippen MR) is 37.2 cm³/mol. The van der Waals surface area contributed by atoms with Crippen molar-refractivity contribution in [2.75, 3.05) is 26.2 Å². The van der Waals surface area contributed by atoms with Crippen LogP contribution in [-0.4, -0.2) is 37.2 Å². The number of nitrogens with two attached hydrogens (primary N) is 1. The summed E-state index contributed by atoms with van der Waals surface area (Å²) in [4.78, 5) is 10.8. The molecule has 0 radical (unpaired) electrons. The molecule has 5 nitrogen and oxygen atoms in total. The normalized spacial score (nSPS) is 17.7. The lowest BCUT2D eigenvalue weighted by Gasteiger charge is -2.13. The summed E-state index contributed by atoms with van der Waals surface area (Å²) < 4.78 is 0. The van der Waals surface area contributed by atoms with E-state index in [-0.39, 0.29) is 6.03 Å². The van der Waals surface area contributed by atoms with Gasteiger partial charge < -0.3 is 11.1 Å². The predicted octanol–water partition coefficient (Wildman–Crippen LogP) is -1.53. The molecular weight excluding hydrogens is 132 g/mol. The van der Waals surface area contributed by atoms with E-state index >= 15 is 0 Å². The number of rotatable bonds is 3. The lowest BCUT2D eigenvalue weighted by molar-refractivity contribution is 0.196. The second-order valence-electron chi connectivity index (χ2n) is 2.08. The molecule has 4 N–H and O–H groups in total. The quantitative estimate of drug-likeness (QED) is 0.450. The van der Waals surface area contributed by atoms with Crippen LogP contribution >= 0.6 is 0 Å². The van der Waals surface area contributed by atoms with Crippen LogP contribution in [0.3, 0.4) is 0 Å². The van der Waals surface area contributed by atoms with Crippen LogP contribution in [0.1, 0.15) is 0 Å². The second kappa shape index (κ2) is 3.38. The Morgan fingerprint density at radius 3 is 3.10 bits per heavy atom. The van der Waals surface area contributed by atoms with Crippen molar-refractivity contribution in [1.29, 1.82) is 0 Å². The van der Waals surface area contributed by atoms with Crippen molar-refractivity contribution < 1.29 is 4.79 Å². The highest BCUT2D eigenvalue weighted by Gasteiger charge is 2.17. The van der Waals surface area contributed by atoms with Gasteiger partial charge in [-0.1, -0.05) is 0 Å². The van der Waals surface area contributed by atoms with Crippen LogP contribution in [0.2, 0.25) is 0 Å². The zero-order valence-corrected chi connectivity index (χ0v) is 5.76. The number of nitrogens with one attached hydrogen (secondary N) is 2. The highest BCUT2D eigenvalue weighted by atomic mass is 16.2. The maximum absolute atomic E-state index is 10.8. The van der Waals surface area contributed by atoms with Crippen LogP contribution in [0.5, 0.6) is 0 Å². The molecule has 0 aromatic heterocycles. The number of amides is 2. The van der Waals surface area contributed by atoms with E-state index in [2.05, 4.69) is 10.7 Å². The first-order valence-corrected chi connectivity index (χ1v) is 3.33. The molecule has 1 aliphatic heterocycles. The van der Waals surface area contributed by atoms with Gasteiger partial charge in [-0.25, -0.2) is 10.2 Å². The standard InChI is InChI=1S/C5H12N4O/c6-1-2-8-9-4-3-7-5(9)10/h8H,1-4,6H2,(H,7,10). The van der Waals surface area contributed by atoms with Crippen LogP contribution in [0.25, 0.3) is 0 Å². The second-order valence-corrected chi connectivity index (χ2v) is 2.08. The lowest BCUT2D eigenvalue weighted by atomic mass is 10.6. The van der Waals surface area contributed by atoms with Gasteiger partial charge in [-0.15, -0.1) is 0 Å². The molecule has 0 spiro atoms. The average Bonchev–Trinajstić information content (AvgIpc) is 2.31. The molecule has 0 aromatic rings. The zero-order valence-electron chi connectivity index (χ0n) is 5.76. The third-order valence-corrected chi connectivity index (χ3v) is 1.30. The van der Waals surface area contributed by atoms with E-state index in [0.29, 0.717) is 13.1 Å². The van der Waals surface area contributed by atoms with Crippen LogP contribution in [0, 0.1) is 0 Å². The van der Waals surface area contributed by atoms with Crippen molar-refractivity contribution in [2.45, 2.75) is 0 Å². The molecule has 1 heterocycles. The molecule has 0 unspecified atom stereocenters. The highest BCUT2D eigenvalue weighted by molar-refractivity contribution is 5.75. The van der Waals surface area contributed by atoms with Crippen molar-refractivity contribution in [1.82, 2.24) is 15.8 Å². The molecule has 0 aliphatic carbocycles. The van der Waals surface area contributed by atoms with Crippen molar-refractivity contribution in [2.24, 2.45) is 5.73 Å². The number of urea groups is 1. The number of hydrogen-bond donors (Lipinski definition) is 3. The Labute approximate surface area is 59.5 Å². The van der Waals surface area contributed by atoms with Crippen molar-refractivity contribution in [3.63, 3.8) is 0 Å². The fourth-order valence-corrected chi connectivity index (χ4v) is 0.822. The minimum Gasteiger partial charge on any atom is -0.335 e. The van der Waals surface area contributed by atoms with E-state index in [0.717, 1.165) is 13.1 Å². The molecule has 0 saturated carbocycles. The Balaban J connectivity index is 2.20. The van der Waals surface area contributed by atoms with Crippen LogP contribution in [0.4, 0.5) is 4.79 Å². The largest absolute Gasteiger partial charge is 0.335 e. The van der Waals surface area contributed by atoms with E-state index in [4.69, 9.17) is 5.73 Å². The molecule has 1 saturated heterocycles. The van der Waals surface area contributed by atoms with Crippen LogP contribution in [0.15, 0.2) is 0 Å². The van der Waals surface area contributed by atoms with Crippen molar-refractivity contribution >= 4 is 6.03 Å². The van der Waals surface area contributed by atoms with Gasteiger partial charge in [0.1, 0.15) is 0 Å². The number of carbonyl (C=O) groups excluding carboxylic acids is 1. The van der Waals surface area contributed by atoms with E-state index in [1.54, 1.807) is 0 Å². The summed E-state index contributed by atoms with van der Waals surface area (Å²) in [6, 6.07) is -0.0616. The molecule has 0 bridgehead atoms. The lowest BCUT2D eigenvalue weighted by Crippen LogP contribution is -2.42. The molecule has 2 amide bonds. The summed E-state index contributed by atoms with van der Waals surface area (Å²) in [6.45, 7) is 2.63. The van der Waals surface area contributed by atoms with E-state index in [9.17, 15) is 4.79 Å². The number of carbonyl (C=O) groups is 1. The first kappa shape index (κ1) is 7.30. The fraction of sp³-hybridized carbons (Fsp3) is 0.800. The fourth-order valence-electron chi connectivity index (χ4n) is 0.822. The van der Waals surface area contributed by atoms with Gasteiger partial charge in [0.05, 0.1) is 6.54 Å². The summed E-state index contributed by atoms with van der Waals surface area (Å²) in [5.41, 5.74) is 8.11. The minimum absolute atomic E-state index is 0.0616. The average molecular weight is 144 g/mol. The minimum atomic E-state index is -0.0616. The highest BCUT2D eigenvalue weighted by Crippen LogP contribution is 1.89. The topological polar surface area (TPSA) is 70.4 Å². The maximum Gasteiger partial charge on any atom is 0.331 e. The molecule has 58 valence electrons. The van der Waals surface area contributed by atoms with Crippen molar-refractivity contribution in [3.05, 3.63) is 0 Å². The summed E-state index contributed by atoms with van der Waals surface area (Å²) in [5.74, 6) is 0. The van der Waals surface area contributed by atoms with Gasteiger partial charge in [0, 0.05) is 19.6 Å². The maximum atomic E-state index is 10.8. The summed E-state index contributed by atoms with van der Waals surface area (Å²) in [7, 11) is 0. The van der Waals surface area contributed by atoms with Crippen LogP contribution in [-0.2, 0) is 0 Å². The van der Waals surface area contributed by atoms with E-state index in [1.165, 1.54) is 5.01 Å². The molecule has 1 aliphatic rings. The summed E-state index contributed by atoms with van der Waals surface area (Å²) in [6.07, 6.45) is 0. The van der Waals surface area contributed by atoms with E-state index < -0.39 is 0 Å². The van der Waals surface area contributed by atoms with Gasteiger partial charge >= 0.3 is 6.03 Å². The first-order valence-electron chi connectivity index (χ1n) is 3.33. The SMILES string of the molecule is NCCNN1CCNC1=O. The molecule has 0 atom stereocenters. The van der Waals surface area contributed by atoms with Crippen LogP contribution < -0.4 is 16.5 Å². The Hall–Kier alpha value is -0.810. The Morgan fingerprint density at radius 2 is 2.60 bits per heavy atom. The number of nitrogens with zero attached hydrogens (tertiary/aromatic N) is 1. The number of hydrogen-bond acceptors (Lipinski definition) is 3. The third kappa shape index (κ3) is 1.58. The first-order chi connectivity index (χ1) is 4.84. The molecule has 5 heteroatoms. The smallest absolute Gasteiger partial charge is 0.331 e. The molecule has 1 fully saturated rings. The molecule has 10 heavy (non-hydrogen) atoms. The Kier molecular flexibility index (Phi) is 2.47. The van der Waals surface area contributed by atoms with Crippen molar-refractivity contribution in [3.8, 4) is 0 Å². The van der Waals surface area contributed by atoms with Gasteiger partial charge in [0.15, 0.2) is 0 Å². The third-order valence-electron chi connectivity index (χ3n) is 1.30. The Morgan fingerprint density at radius 1 is 1.80 bits per heavy atom. The van der Waals surface area contributed by atoms with Gasteiger partial charge in [0.2, 0.25) is 0 Å². The van der Waals surface area contributed by atoms with Gasteiger partial charge in [-0.05, 0) is 0 Å². The molecule has 0 aromatic carbocycles. The van der Waals surface area contributed by atoms with Gasteiger partial charge in [0.25, 0.3) is 0 Å². The van der Waals surface area contributed by atoms with E-state index in [1.807, 2.05) is 0 Å². The molecule has 1 rings (SSSR count). The zero-order chi connectivity index (χ0) is 7.40. The van der Waals surface area contributed by atoms with Gasteiger partial charge in [-0.2, -0.15) is 0 Å². The summed E-state index contributed by atoms with van der Waals surface area (Å²) >= 11 is 0. The monoisotopic (exact) mass is 144 g/mol. The Bertz CT molecular complexity index is 127. The molecular formula is C5H12N4O. The number of hydrazine groups is 1.